The van der Waals surface area contributed by atoms with Crippen LogP contribution in [0.4, 0.5) is 0 Å². The molecule has 0 aliphatic carbocycles. The van der Waals surface area contributed by atoms with Crippen molar-refractivity contribution in [3.8, 4) is 5.75 Å². The van der Waals surface area contributed by atoms with Crippen LogP contribution in [0.5, 0.6) is 5.75 Å². The van der Waals surface area contributed by atoms with E-state index < -0.39 is 15.1 Å². The zero-order valence-electron chi connectivity index (χ0n) is 10.1. The molecule has 1 atom stereocenters. The molecule has 7 heteroatoms. The zero-order valence-corrected chi connectivity index (χ0v) is 10.9. The van der Waals surface area contributed by atoms with Crippen molar-refractivity contribution in [3.05, 3.63) is 64.8 Å². The first-order valence-corrected chi connectivity index (χ1v) is 7.18. The highest BCUT2D eigenvalue weighted by Crippen LogP contribution is 2.33. The van der Waals surface area contributed by atoms with Crippen LogP contribution in [0.2, 0.25) is 0 Å². The Bertz CT molecular complexity index is 894. The molecule has 0 radical (unpaired) electrons. The molecule has 1 unspecified atom stereocenters. The van der Waals surface area contributed by atoms with Gasteiger partial charge in [0.05, 0.1) is 10.7 Å². The van der Waals surface area contributed by atoms with E-state index in [4.69, 9.17) is 0 Å². The molecular formula is C13H10N2O4S. The Balaban J connectivity index is 2.38. The van der Waals surface area contributed by atoms with Gasteiger partial charge in [0.15, 0.2) is 0 Å². The second kappa shape index (κ2) is 4.12. The Labute approximate surface area is 114 Å². The molecule has 0 amide bonds. The molecule has 0 saturated heterocycles. The minimum atomic E-state index is -4.61. The Morgan fingerprint density at radius 3 is 2.25 bits per heavy atom. The highest BCUT2D eigenvalue weighted by atomic mass is 32.2. The van der Waals surface area contributed by atoms with Gasteiger partial charge in [-0.15, -0.1) is 0 Å². The number of hydrogen-bond acceptors (Lipinski definition) is 5. The minimum Gasteiger partial charge on any atom is -0.508 e. The summed E-state index contributed by atoms with van der Waals surface area (Å²) in [5.74, 6) is -0.0538. The Kier molecular flexibility index (Phi) is 2.63. The van der Waals surface area contributed by atoms with Crippen LogP contribution in [0.15, 0.2) is 58.5 Å². The van der Waals surface area contributed by atoms with Crippen LogP contribution in [0, 0.1) is 0 Å². The number of phenols is 1. The van der Waals surface area contributed by atoms with Crippen LogP contribution in [-0.2, 0) is 15.1 Å². The first-order valence-electron chi connectivity index (χ1n) is 5.74. The third-order valence-electron chi connectivity index (χ3n) is 3.01. The Morgan fingerprint density at radius 2 is 1.60 bits per heavy atom. The molecule has 0 fully saturated rings. The van der Waals surface area contributed by atoms with Crippen LogP contribution in [0.1, 0.15) is 5.56 Å². The standard InChI is InChI=1S/C13H10N2O4S/c16-10-6-7-11-12(8-10)15-13(14-11,20(17,18)19)9-4-2-1-3-5-9/h1-8,16H,(H,17,18,19). The fourth-order valence-corrected chi connectivity index (χ4v) is 2.96. The van der Waals surface area contributed by atoms with Gasteiger partial charge >= 0.3 is 15.1 Å². The third-order valence-corrected chi connectivity index (χ3v) is 4.15. The summed E-state index contributed by atoms with van der Waals surface area (Å²) >= 11 is 0. The summed E-state index contributed by atoms with van der Waals surface area (Å²) in [6, 6.07) is 12.2. The van der Waals surface area contributed by atoms with E-state index in [-0.39, 0.29) is 16.7 Å². The maximum Gasteiger partial charge on any atom is 0.317 e. The van der Waals surface area contributed by atoms with Crippen LogP contribution in [0.3, 0.4) is 0 Å². The number of rotatable bonds is 2. The smallest absolute Gasteiger partial charge is 0.317 e. The molecule has 6 nitrogen and oxygen atoms in total. The predicted molar refractivity (Wildman–Crippen MR) is 70.1 cm³/mol. The molecule has 0 spiro atoms. The molecule has 1 heterocycles. The molecule has 0 bridgehead atoms. The average Bonchev–Trinajstić information content (AvgIpc) is 2.79. The van der Waals surface area contributed by atoms with E-state index in [0.29, 0.717) is 5.36 Å². The summed E-state index contributed by atoms with van der Waals surface area (Å²) in [5.41, 5.74) is 0.234. The molecule has 1 aliphatic rings. The maximum atomic E-state index is 11.8. The Morgan fingerprint density at radius 1 is 0.950 bits per heavy atom. The molecule has 2 N–H and O–H groups in total. The molecule has 0 aromatic heterocycles. The summed E-state index contributed by atoms with van der Waals surface area (Å²) in [5, 5.41) is 9.94. The fraction of sp³-hybridized carbons (Fsp3) is 0.0769. The first-order chi connectivity index (χ1) is 9.42. The summed E-state index contributed by atoms with van der Waals surface area (Å²) < 4.78 is 33.2. The predicted octanol–water partition coefficient (Wildman–Crippen LogP) is 0.343. The van der Waals surface area contributed by atoms with Gasteiger partial charge in [-0.05, 0) is 12.1 Å². The van der Waals surface area contributed by atoms with E-state index in [0.717, 1.165) is 0 Å². The SMILES string of the molecule is O=S(=O)(O)C1(c2ccccc2)N=c2ccc(O)cc2=N1. The molecular weight excluding hydrogens is 280 g/mol. The van der Waals surface area contributed by atoms with Crippen LogP contribution < -0.4 is 10.7 Å². The van der Waals surface area contributed by atoms with Gasteiger partial charge in [-0.3, -0.25) is 4.55 Å². The third kappa shape index (κ3) is 1.79. The lowest BCUT2D eigenvalue weighted by Crippen LogP contribution is -2.31. The second-order valence-corrected chi connectivity index (χ2v) is 5.87. The van der Waals surface area contributed by atoms with E-state index in [9.17, 15) is 18.1 Å². The fourth-order valence-electron chi connectivity index (χ4n) is 2.10. The molecule has 1 aliphatic heterocycles. The number of aromatic hydroxyl groups is 1. The molecule has 2 aromatic carbocycles. The second-order valence-electron chi connectivity index (χ2n) is 4.35. The molecule has 2 aromatic rings. The van der Waals surface area contributed by atoms with E-state index in [1.807, 2.05) is 0 Å². The van der Waals surface area contributed by atoms with Crippen LogP contribution >= 0.6 is 0 Å². The lowest BCUT2D eigenvalue weighted by molar-refractivity contribution is 0.433. The van der Waals surface area contributed by atoms with Crippen molar-refractivity contribution in [2.24, 2.45) is 9.98 Å². The van der Waals surface area contributed by atoms with Gasteiger partial charge in [0.25, 0.3) is 0 Å². The maximum absolute atomic E-state index is 11.8. The number of benzene rings is 2. The summed E-state index contributed by atoms with van der Waals surface area (Å²) in [7, 11) is -4.61. The van der Waals surface area contributed by atoms with Gasteiger partial charge in [-0.1, -0.05) is 30.3 Å². The van der Waals surface area contributed by atoms with Crippen molar-refractivity contribution in [1.82, 2.24) is 0 Å². The lowest BCUT2D eigenvalue weighted by atomic mass is 10.2. The quantitative estimate of drug-likeness (QED) is 0.779. The highest BCUT2D eigenvalue weighted by molar-refractivity contribution is 7.86. The van der Waals surface area contributed by atoms with Gasteiger partial charge in [0.2, 0.25) is 0 Å². The summed E-state index contributed by atoms with van der Waals surface area (Å²) in [6.07, 6.45) is 0. The van der Waals surface area contributed by atoms with E-state index in [2.05, 4.69) is 9.98 Å². The summed E-state index contributed by atoms with van der Waals surface area (Å²) in [4.78, 5) is 5.96. The molecule has 3 rings (SSSR count). The monoisotopic (exact) mass is 290 g/mol. The lowest BCUT2D eigenvalue weighted by Gasteiger charge is -2.19. The minimum absolute atomic E-state index is 0.0538. The van der Waals surface area contributed by atoms with E-state index in [1.54, 1.807) is 18.2 Å². The van der Waals surface area contributed by atoms with E-state index in [1.165, 1.54) is 30.3 Å². The molecule has 20 heavy (non-hydrogen) atoms. The Hall–Kier alpha value is -2.25. The van der Waals surface area contributed by atoms with Crippen molar-refractivity contribution in [1.29, 1.82) is 0 Å². The summed E-state index contributed by atoms with van der Waals surface area (Å²) in [6.45, 7) is 0. The van der Waals surface area contributed by atoms with Gasteiger partial charge in [-0.25, -0.2) is 9.98 Å². The number of nitrogens with zero attached hydrogens (tertiary/aromatic N) is 2. The van der Waals surface area contributed by atoms with Gasteiger partial charge in [0.1, 0.15) is 5.75 Å². The number of fused-ring (bicyclic) bond motifs is 1. The van der Waals surface area contributed by atoms with Crippen molar-refractivity contribution in [3.63, 3.8) is 0 Å². The molecule has 102 valence electrons. The molecule has 0 saturated carbocycles. The van der Waals surface area contributed by atoms with Crippen molar-refractivity contribution in [2.45, 2.75) is 4.99 Å². The topological polar surface area (TPSA) is 99.3 Å². The van der Waals surface area contributed by atoms with Crippen molar-refractivity contribution >= 4 is 10.1 Å². The van der Waals surface area contributed by atoms with Crippen LogP contribution in [-0.4, -0.2) is 18.1 Å². The van der Waals surface area contributed by atoms with E-state index >= 15 is 0 Å². The largest absolute Gasteiger partial charge is 0.508 e. The number of phenolic OH excluding ortho intramolecular Hbond substituents is 1. The van der Waals surface area contributed by atoms with Gasteiger partial charge in [0, 0.05) is 11.6 Å². The average molecular weight is 290 g/mol. The van der Waals surface area contributed by atoms with Gasteiger partial charge in [-0.2, -0.15) is 8.42 Å². The zero-order chi connectivity index (χ0) is 14.4. The van der Waals surface area contributed by atoms with Crippen LogP contribution in [0.25, 0.3) is 0 Å². The first kappa shape index (κ1) is 12.8. The van der Waals surface area contributed by atoms with Crippen molar-refractivity contribution in [2.75, 3.05) is 0 Å². The normalized spacial score (nSPS) is 20.9. The van der Waals surface area contributed by atoms with Gasteiger partial charge < -0.3 is 5.11 Å². The van der Waals surface area contributed by atoms with Crippen molar-refractivity contribution < 1.29 is 18.1 Å². The number of hydrogen-bond donors (Lipinski definition) is 2. The highest BCUT2D eigenvalue weighted by Gasteiger charge is 2.46.